The molecule has 53 valence electrons. The summed E-state index contributed by atoms with van der Waals surface area (Å²) in [6.07, 6.45) is 3.16. The van der Waals surface area contributed by atoms with Crippen molar-refractivity contribution in [3.8, 4) is 0 Å². The van der Waals surface area contributed by atoms with Crippen LogP contribution in [0.15, 0.2) is 12.4 Å². The Labute approximate surface area is 58.8 Å². The van der Waals surface area contributed by atoms with Gasteiger partial charge in [-0.1, -0.05) is 0 Å². The first-order chi connectivity index (χ1) is 4.68. The van der Waals surface area contributed by atoms with E-state index in [0.29, 0.717) is 5.69 Å². The number of carbonyl (C=O) groups is 1. The van der Waals surface area contributed by atoms with Crippen LogP contribution in [-0.4, -0.2) is 15.7 Å². The summed E-state index contributed by atoms with van der Waals surface area (Å²) in [7, 11) is 3.50. The van der Waals surface area contributed by atoms with E-state index < -0.39 is 0 Å². The summed E-state index contributed by atoms with van der Waals surface area (Å²) in [6.45, 7) is 1.44. The molecule has 1 radical (unpaired) electrons. The van der Waals surface area contributed by atoms with Gasteiger partial charge in [0.05, 0.1) is 18.9 Å². The summed E-state index contributed by atoms with van der Waals surface area (Å²) in [5.74, 6) is -0.104. The average molecular weight is 138 g/mol. The maximum atomic E-state index is 10.5. The number of hydrogen-bond acceptors (Lipinski definition) is 2. The van der Waals surface area contributed by atoms with Crippen LogP contribution in [0.1, 0.15) is 6.92 Å². The molecule has 0 atom stereocenters. The number of nitrogens with one attached hydrogen (secondary N) is 1. The Hall–Kier alpha value is -1.32. The highest BCUT2D eigenvalue weighted by Crippen LogP contribution is 2.02. The first-order valence-corrected chi connectivity index (χ1v) is 2.81. The number of hydrogen-bond donors (Lipinski definition) is 1. The van der Waals surface area contributed by atoms with Crippen molar-refractivity contribution >= 4 is 11.6 Å². The van der Waals surface area contributed by atoms with Gasteiger partial charge in [0.1, 0.15) is 0 Å². The molecule has 0 fully saturated rings. The maximum Gasteiger partial charge on any atom is 0.221 e. The molecule has 0 saturated carbocycles. The van der Waals surface area contributed by atoms with Crippen molar-refractivity contribution in [2.45, 2.75) is 6.92 Å². The molecule has 0 aliphatic heterocycles. The molecule has 0 unspecified atom stereocenters. The van der Waals surface area contributed by atoms with Gasteiger partial charge in [0.25, 0.3) is 0 Å². The molecular formula is C6H8N3O. The van der Waals surface area contributed by atoms with E-state index in [4.69, 9.17) is 0 Å². The highest BCUT2D eigenvalue weighted by molar-refractivity contribution is 5.88. The zero-order chi connectivity index (χ0) is 7.56. The molecule has 0 bridgehead atoms. The van der Waals surface area contributed by atoms with Crippen LogP contribution in [0.5, 0.6) is 0 Å². The Morgan fingerprint density at radius 1 is 1.90 bits per heavy atom. The minimum atomic E-state index is -0.104. The lowest BCUT2D eigenvalue weighted by Crippen LogP contribution is -2.04. The number of aromatic nitrogens is 2. The Kier molecular flexibility index (Phi) is 1.71. The van der Waals surface area contributed by atoms with Gasteiger partial charge in [0.2, 0.25) is 5.91 Å². The molecule has 1 aromatic rings. The van der Waals surface area contributed by atoms with E-state index in [1.54, 1.807) is 6.20 Å². The van der Waals surface area contributed by atoms with Crippen LogP contribution in [0, 0.1) is 7.05 Å². The second-order valence-corrected chi connectivity index (χ2v) is 1.95. The highest BCUT2D eigenvalue weighted by Gasteiger charge is 1.95. The molecular weight excluding hydrogens is 130 g/mol. The predicted octanol–water partition coefficient (Wildman–Crippen LogP) is 0.481. The van der Waals surface area contributed by atoms with Crippen molar-refractivity contribution in [1.82, 2.24) is 9.78 Å². The van der Waals surface area contributed by atoms with E-state index in [0.717, 1.165) is 0 Å². The van der Waals surface area contributed by atoms with Crippen molar-refractivity contribution in [2.75, 3.05) is 5.32 Å². The summed E-state index contributed by atoms with van der Waals surface area (Å²) < 4.78 is 1.38. The summed E-state index contributed by atoms with van der Waals surface area (Å²) in [5.41, 5.74) is 0.669. The second kappa shape index (κ2) is 2.51. The number of anilines is 1. The van der Waals surface area contributed by atoms with Crippen LogP contribution in [0.2, 0.25) is 0 Å². The first kappa shape index (κ1) is 6.80. The molecule has 4 nitrogen and oxygen atoms in total. The number of amides is 1. The fourth-order valence-corrected chi connectivity index (χ4v) is 0.631. The number of nitrogens with zero attached hydrogens (tertiary/aromatic N) is 2. The highest BCUT2D eigenvalue weighted by atomic mass is 16.1. The minimum Gasteiger partial charge on any atom is -0.324 e. The molecule has 1 aromatic heterocycles. The molecule has 4 heteroatoms. The van der Waals surface area contributed by atoms with E-state index in [-0.39, 0.29) is 5.91 Å². The molecule has 0 aliphatic carbocycles. The van der Waals surface area contributed by atoms with Crippen LogP contribution in [-0.2, 0) is 4.79 Å². The minimum absolute atomic E-state index is 0.104. The number of carbonyl (C=O) groups excluding carboxylic acids is 1. The van der Waals surface area contributed by atoms with Crippen molar-refractivity contribution in [3.63, 3.8) is 0 Å². The van der Waals surface area contributed by atoms with Crippen molar-refractivity contribution in [3.05, 3.63) is 19.4 Å². The van der Waals surface area contributed by atoms with Gasteiger partial charge in [-0.2, -0.15) is 5.10 Å². The van der Waals surface area contributed by atoms with Gasteiger partial charge in [-0.3, -0.25) is 9.48 Å². The third-order valence-electron chi connectivity index (χ3n) is 0.954. The zero-order valence-electron chi connectivity index (χ0n) is 5.66. The summed E-state index contributed by atoms with van der Waals surface area (Å²) in [6, 6.07) is 0. The van der Waals surface area contributed by atoms with Crippen molar-refractivity contribution in [2.24, 2.45) is 0 Å². The Morgan fingerprint density at radius 2 is 2.60 bits per heavy atom. The first-order valence-electron chi connectivity index (χ1n) is 2.81. The Bertz CT molecular complexity index is 241. The second-order valence-electron chi connectivity index (χ2n) is 1.95. The van der Waals surface area contributed by atoms with Gasteiger partial charge >= 0.3 is 0 Å². The summed E-state index contributed by atoms with van der Waals surface area (Å²) in [4.78, 5) is 10.5. The monoisotopic (exact) mass is 138 g/mol. The summed E-state index contributed by atoms with van der Waals surface area (Å²) in [5, 5.41) is 6.32. The van der Waals surface area contributed by atoms with E-state index in [2.05, 4.69) is 17.5 Å². The SMILES string of the molecule is [CH2]n1cc(NC(C)=O)cn1. The third-order valence-corrected chi connectivity index (χ3v) is 0.954. The van der Waals surface area contributed by atoms with Gasteiger partial charge in [-0.05, 0) is 0 Å². The molecule has 1 heterocycles. The van der Waals surface area contributed by atoms with E-state index in [1.165, 1.54) is 17.8 Å². The maximum absolute atomic E-state index is 10.5. The number of rotatable bonds is 1. The average Bonchev–Trinajstić information content (AvgIpc) is 2.13. The third kappa shape index (κ3) is 1.58. The topological polar surface area (TPSA) is 46.9 Å². The van der Waals surface area contributed by atoms with E-state index >= 15 is 0 Å². The van der Waals surface area contributed by atoms with Crippen LogP contribution >= 0.6 is 0 Å². The lowest BCUT2D eigenvalue weighted by Gasteiger charge is -1.92. The lowest BCUT2D eigenvalue weighted by molar-refractivity contribution is -0.114. The Morgan fingerprint density at radius 3 is 3.00 bits per heavy atom. The van der Waals surface area contributed by atoms with E-state index in [9.17, 15) is 4.79 Å². The van der Waals surface area contributed by atoms with Crippen molar-refractivity contribution < 1.29 is 4.79 Å². The van der Waals surface area contributed by atoms with Crippen LogP contribution in [0.3, 0.4) is 0 Å². The van der Waals surface area contributed by atoms with Crippen molar-refractivity contribution in [1.29, 1.82) is 0 Å². The molecule has 1 amide bonds. The normalized spacial score (nSPS) is 9.40. The molecule has 0 aliphatic rings. The Balaban J connectivity index is 2.67. The quantitative estimate of drug-likeness (QED) is 0.613. The molecule has 1 rings (SSSR count). The standard InChI is InChI=1S/C6H8N3O/c1-5(10)8-6-3-7-9(2)4-6/h3-4H,2H2,1H3,(H,8,10). The molecule has 10 heavy (non-hydrogen) atoms. The lowest BCUT2D eigenvalue weighted by atomic mass is 10.5. The molecule has 0 saturated heterocycles. The van der Waals surface area contributed by atoms with Gasteiger partial charge < -0.3 is 5.32 Å². The van der Waals surface area contributed by atoms with Gasteiger partial charge in [-0.15, -0.1) is 0 Å². The predicted molar refractivity (Wildman–Crippen MR) is 37.3 cm³/mol. The fraction of sp³-hybridized carbons (Fsp3) is 0.167. The zero-order valence-corrected chi connectivity index (χ0v) is 5.66. The van der Waals surface area contributed by atoms with Crippen LogP contribution in [0.4, 0.5) is 5.69 Å². The molecule has 0 spiro atoms. The molecule has 0 aromatic carbocycles. The van der Waals surface area contributed by atoms with Crippen LogP contribution < -0.4 is 5.32 Å². The van der Waals surface area contributed by atoms with E-state index in [1.807, 2.05) is 0 Å². The van der Waals surface area contributed by atoms with Gasteiger partial charge in [0, 0.05) is 13.1 Å². The van der Waals surface area contributed by atoms with Gasteiger partial charge in [-0.25, -0.2) is 0 Å². The smallest absolute Gasteiger partial charge is 0.221 e. The van der Waals surface area contributed by atoms with Gasteiger partial charge in [0.15, 0.2) is 0 Å². The van der Waals surface area contributed by atoms with Crippen LogP contribution in [0.25, 0.3) is 0 Å². The largest absolute Gasteiger partial charge is 0.324 e. The molecule has 1 N–H and O–H groups in total. The fourth-order valence-electron chi connectivity index (χ4n) is 0.631. The summed E-state index contributed by atoms with van der Waals surface area (Å²) >= 11 is 0.